The number of nitrogens with one attached hydrogen (secondary N) is 2. The topological polar surface area (TPSA) is 81.8 Å². The van der Waals surface area contributed by atoms with Crippen LogP contribution < -0.4 is 10.7 Å². The number of urea groups is 1. The van der Waals surface area contributed by atoms with E-state index in [-0.39, 0.29) is 24.9 Å². The molecular formula is C7H12N4O3. The van der Waals surface area contributed by atoms with Crippen molar-refractivity contribution >= 4 is 17.8 Å². The second kappa shape index (κ2) is 4.05. The minimum atomic E-state index is -0.514. The van der Waals surface area contributed by atoms with Crippen molar-refractivity contribution in [1.82, 2.24) is 20.7 Å². The SMILES string of the molecule is CNCC(=O)NN1CC(=O)N(C)C1=O. The molecular weight excluding hydrogens is 188 g/mol. The summed E-state index contributed by atoms with van der Waals surface area (Å²) >= 11 is 0. The Morgan fingerprint density at radius 2 is 2.14 bits per heavy atom. The summed E-state index contributed by atoms with van der Waals surface area (Å²) in [6, 6.07) is -0.514. The van der Waals surface area contributed by atoms with E-state index in [9.17, 15) is 14.4 Å². The summed E-state index contributed by atoms with van der Waals surface area (Å²) in [5.74, 6) is -0.691. The lowest BCUT2D eigenvalue weighted by atomic mass is 10.6. The standard InChI is InChI=1S/C7H12N4O3/c1-8-3-5(12)9-11-4-6(13)10(2)7(11)14/h8H,3-4H2,1-2H3,(H,9,12). The Morgan fingerprint density at radius 3 is 2.57 bits per heavy atom. The molecule has 0 radical (unpaired) electrons. The summed E-state index contributed by atoms with van der Waals surface area (Å²) in [4.78, 5) is 34.3. The molecule has 0 saturated carbocycles. The van der Waals surface area contributed by atoms with E-state index in [0.717, 1.165) is 9.91 Å². The molecule has 0 aromatic carbocycles. The molecule has 0 aromatic rings. The van der Waals surface area contributed by atoms with Crippen LogP contribution in [0.1, 0.15) is 0 Å². The Labute approximate surface area is 81.0 Å². The van der Waals surface area contributed by atoms with Crippen LogP contribution in [0.5, 0.6) is 0 Å². The summed E-state index contributed by atoms with van der Waals surface area (Å²) in [7, 11) is 2.98. The molecule has 1 aliphatic heterocycles. The van der Waals surface area contributed by atoms with E-state index < -0.39 is 6.03 Å². The number of hydrazine groups is 1. The predicted molar refractivity (Wildman–Crippen MR) is 46.9 cm³/mol. The molecule has 7 nitrogen and oxygen atoms in total. The van der Waals surface area contributed by atoms with Crippen molar-refractivity contribution < 1.29 is 14.4 Å². The number of rotatable bonds is 3. The third-order valence-corrected chi connectivity index (χ3v) is 1.78. The second-order valence-electron chi connectivity index (χ2n) is 2.89. The Morgan fingerprint density at radius 1 is 1.50 bits per heavy atom. The minimum absolute atomic E-state index is 0.0989. The molecule has 1 fully saturated rings. The van der Waals surface area contributed by atoms with Crippen molar-refractivity contribution in [2.24, 2.45) is 0 Å². The Bertz CT molecular complexity index is 278. The van der Waals surface area contributed by atoms with Crippen molar-refractivity contribution in [3.05, 3.63) is 0 Å². The number of carbonyl (C=O) groups excluding carboxylic acids is 3. The first-order valence-electron chi connectivity index (χ1n) is 4.08. The van der Waals surface area contributed by atoms with Crippen LogP contribution >= 0.6 is 0 Å². The summed E-state index contributed by atoms with van der Waals surface area (Å²) in [6.07, 6.45) is 0. The van der Waals surface area contributed by atoms with Crippen molar-refractivity contribution in [3.63, 3.8) is 0 Å². The fourth-order valence-corrected chi connectivity index (χ4v) is 1.03. The van der Waals surface area contributed by atoms with Gasteiger partial charge in [0.25, 0.3) is 11.8 Å². The molecule has 1 saturated heterocycles. The van der Waals surface area contributed by atoms with Crippen LogP contribution in [0.15, 0.2) is 0 Å². The average molecular weight is 200 g/mol. The monoisotopic (exact) mass is 200 g/mol. The third kappa shape index (κ3) is 1.99. The largest absolute Gasteiger partial charge is 0.345 e. The number of hydrogen-bond acceptors (Lipinski definition) is 4. The van der Waals surface area contributed by atoms with Crippen LogP contribution in [0.25, 0.3) is 0 Å². The van der Waals surface area contributed by atoms with Gasteiger partial charge in [-0.3, -0.25) is 19.9 Å². The van der Waals surface area contributed by atoms with Crippen LogP contribution in [-0.2, 0) is 9.59 Å². The maximum Gasteiger partial charge on any atom is 0.345 e. The number of carbonyl (C=O) groups is 3. The van der Waals surface area contributed by atoms with Gasteiger partial charge in [-0.05, 0) is 7.05 Å². The molecule has 0 aliphatic carbocycles. The Kier molecular flexibility index (Phi) is 3.03. The zero-order valence-electron chi connectivity index (χ0n) is 8.03. The molecule has 0 bridgehead atoms. The molecule has 4 amide bonds. The molecule has 1 rings (SSSR count). The zero-order chi connectivity index (χ0) is 10.7. The van der Waals surface area contributed by atoms with E-state index in [1.807, 2.05) is 0 Å². The Hall–Kier alpha value is -1.63. The number of imide groups is 1. The molecule has 0 aromatic heterocycles. The first-order chi connectivity index (χ1) is 6.56. The predicted octanol–water partition coefficient (Wildman–Crippen LogP) is -1.87. The van der Waals surface area contributed by atoms with Crippen LogP contribution in [0.3, 0.4) is 0 Å². The lowest BCUT2D eigenvalue weighted by Crippen LogP contribution is -2.47. The highest BCUT2D eigenvalue weighted by atomic mass is 16.2. The van der Waals surface area contributed by atoms with Gasteiger partial charge >= 0.3 is 6.03 Å². The maximum absolute atomic E-state index is 11.3. The number of amides is 4. The van der Waals surface area contributed by atoms with Gasteiger partial charge in [0.1, 0.15) is 6.54 Å². The van der Waals surface area contributed by atoms with Crippen molar-refractivity contribution in [2.45, 2.75) is 0 Å². The minimum Gasteiger partial charge on any atom is -0.311 e. The second-order valence-corrected chi connectivity index (χ2v) is 2.89. The van der Waals surface area contributed by atoms with Crippen molar-refractivity contribution in [1.29, 1.82) is 0 Å². The van der Waals surface area contributed by atoms with Gasteiger partial charge in [0.15, 0.2) is 0 Å². The van der Waals surface area contributed by atoms with Gasteiger partial charge in [0.05, 0.1) is 6.54 Å². The van der Waals surface area contributed by atoms with Crippen LogP contribution in [0, 0.1) is 0 Å². The average Bonchev–Trinajstić information content (AvgIpc) is 2.34. The first kappa shape index (κ1) is 10.5. The molecule has 0 atom stereocenters. The summed E-state index contributed by atoms with van der Waals surface area (Å²) < 4.78 is 0. The quantitative estimate of drug-likeness (QED) is 0.523. The van der Waals surface area contributed by atoms with Gasteiger partial charge in [-0.15, -0.1) is 0 Å². The van der Waals surface area contributed by atoms with Gasteiger partial charge in [0, 0.05) is 7.05 Å². The zero-order valence-corrected chi connectivity index (χ0v) is 8.03. The van der Waals surface area contributed by atoms with E-state index in [1.54, 1.807) is 7.05 Å². The van der Waals surface area contributed by atoms with Gasteiger partial charge in [-0.1, -0.05) is 0 Å². The normalized spacial score (nSPS) is 16.4. The van der Waals surface area contributed by atoms with Gasteiger partial charge in [-0.25, -0.2) is 9.80 Å². The number of hydrogen-bond donors (Lipinski definition) is 2. The fourth-order valence-electron chi connectivity index (χ4n) is 1.03. The van der Waals surface area contributed by atoms with Gasteiger partial charge in [0.2, 0.25) is 0 Å². The van der Waals surface area contributed by atoms with E-state index in [0.29, 0.717) is 0 Å². The van der Waals surface area contributed by atoms with Gasteiger partial charge in [-0.2, -0.15) is 0 Å². The maximum atomic E-state index is 11.3. The Balaban J connectivity index is 2.51. The van der Waals surface area contributed by atoms with Crippen molar-refractivity contribution in [3.8, 4) is 0 Å². The van der Waals surface area contributed by atoms with E-state index in [2.05, 4.69) is 10.7 Å². The van der Waals surface area contributed by atoms with Crippen LogP contribution in [-0.4, -0.2) is 54.9 Å². The van der Waals surface area contributed by atoms with E-state index in [4.69, 9.17) is 0 Å². The molecule has 78 valence electrons. The molecule has 7 heteroatoms. The lowest BCUT2D eigenvalue weighted by molar-refractivity contribution is -0.125. The fraction of sp³-hybridized carbons (Fsp3) is 0.571. The lowest BCUT2D eigenvalue weighted by Gasteiger charge is -2.15. The highest BCUT2D eigenvalue weighted by molar-refractivity contribution is 6.02. The van der Waals surface area contributed by atoms with Crippen LogP contribution in [0.4, 0.5) is 4.79 Å². The summed E-state index contributed by atoms with van der Waals surface area (Å²) in [6.45, 7) is -0.00747. The highest BCUT2D eigenvalue weighted by Crippen LogP contribution is 2.03. The van der Waals surface area contributed by atoms with Gasteiger partial charge < -0.3 is 5.32 Å². The molecule has 0 unspecified atom stereocenters. The molecule has 0 spiro atoms. The summed E-state index contributed by atoms with van der Waals surface area (Å²) in [5.41, 5.74) is 2.31. The van der Waals surface area contributed by atoms with Crippen molar-refractivity contribution in [2.75, 3.05) is 27.2 Å². The molecule has 1 heterocycles. The number of nitrogens with zero attached hydrogens (tertiary/aromatic N) is 2. The molecule has 2 N–H and O–H groups in total. The van der Waals surface area contributed by atoms with E-state index >= 15 is 0 Å². The molecule has 14 heavy (non-hydrogen) atoms. The highest BCUT2D eigenvalue weighted by Gasteiger charge is 2.33. The first-order valence-corrected chi connectivity index (χ1v) is 4.08. The van der Waals surface area contributed by atoms with Crippen LogP contribution in [0.2, 0.25) is 0 Å². The summed E-state index contributed by atoms with van der Waals surface area (Å²) in [5, 5.41) is 3.62. The van der Waals surface area contributed by atoms with E-state index in [1.165, 1.54) is 7.05 Å². The molecule has 1 aliphatic rings. The third-order valence-electron chi connectivity index (χ3n) is 1.78. The smallest absolute Gasteiger partial charge is 0.311 e. The number of likely N-dealkylation sites (N-methyl/N-ethyl adjacent to an activating group) is 2.